The molecule has 0 saturated heterocycles. The molecule has 1 aromatic heterocycles. The maximum Gasteiger partial charge on any atom is 0.340 e. The molecular weight excluding hydrogens is 354 g/mol. The molecule has 2 heterocycles. The number of fused-ring (bicyclic) bond motifs is 1. The van der Waals surface area contributed by atoms with Gasteiger partial charge < -0.3 is 20.7 Å². The van der Waals surface area contributed by atoms with Crippen molar-refractivity contribution in [2.45, 2.75) is 26.3 Å². The first-order valence-electron chi connectivity index (χ1n) is 8.03. The zero-order chi connectivity index (χ0) is 18.8. The molecule has 3 N–H and O–H groups in total. The summed E-state index contributed by atoms with van der Waals surface area (Å²) in [5.41, 5.74) is 3.97. The van der Waals surface area contributed by atoms with Gasteiger partial charge in [-0.1, -0.05) is 0 Å². The van der Waals surface area contributed by atoms with Crippen molar-refractivity contribution in [1.82, 2.24) is 0 Å². The Morgan fingerprint density at radius 3 is 2.62 bits per heavy atom. The van der Waals surface area contributed by atoms with Gasteiger partial charge in [-0.3, -0.25) is 9.59 Å². The number of methoxy groups -OCH3 is 1. The van der Waals surface area contributed by atoms with E-state index in [2.05, 4.69) is 20.7 Å². The minimum atomic E-state index is -0.689. The van der Waals surface area contributed by atoms with Crippen LogP contribution < -0.4 is 16.0 Å². The number of amides is 2. The minimum Gasteiger partial charge on any atom is -0.465 e. The molecule has 7 nitrogen and oxygen atoms in total. The smallest absolute Gasteiger partial charge is 0.340 e. The molecule has 0 saturated carbocycles. The second-order valence-corrected chi connectivity index (χ2v) is 6.99. The lowest BCUT2D eigenvalue weighted by Gasteiger charge is -2.27. The number of carbonyl (C=O) groups is 3. The van der Waals surface area contributed by atoms with Gasteiger partial charge in [0.05, 0.1) is 30.5 Å². The highest BCUT2D eigenvalue weighted by molar-refractivity contribution is 7.14. The summed E-state index contributed by atoms with van der Waals surface area (Å²) in [7, 11) is 1.28. The summed E-state index contributed by atoms with van der Waals surface area (Å²) in [4.78, 5) is 36.3. The van der Waals surface area contributed by atoms with Crippen LogP contribution in [0.1, 0.15) is 27.9 Å². The van der Waals surface area contributed by atoms with Crippen molar-refractivity contribution in [3.8, 4) is 0 Å². The van der Waals surface area contributed by atoms with Crippen LogP contribution >= 0.6 is 11.3 Å². The lowest BCUT2D eigenvalue weighted by atomic mass is 10.0. The van der Waals surface area contributed by atoms with Crippen LogP contribution in [0.2, 0.25) is 0 Å². The number of nitrogens with one attached hydrogen (secondary N) is 3. The number of esters is 1. The normalized spacial score (nSPS) is 15.5. The monoisotopic (exact) mass is 373 g/mol. The summed E-state index contributed by atoms with van der Waals surface area (Å²) in [6.07, 6.45) is -0.0588. The molecule has 2 amide bonds. The molecule has 0 radical (unpaired) electrons. The molecule has 0 fully saturated rings. The summed E-state index contributed by atoms with van der Waals surface area (Å²) in [5.74, 6) is -1.15. The van der Waals surface area contributed by atoms with Crippen LogP contribution in [-0.2, 0) is 14.3 Å². The van der Waals surface area contributed by atoms with Gasteiger partial charge in [-0.25, -0.2) is 4.79 Å². The summed E-state index contributed by atoms with van der Waals surface area (Å²) < 4.78 is 4.68. The Balaban J connectivity index is 1.70. The first-order chi connectivity index (χ1) is 12.4. The Bertz CT molecular complexity index is 891. The van der Waals surface area contributed by atoms with Gasteiger partial charge in [0.15, 0.2) is 0 Å². The van der Waals surface area contributed by atoms with E-state index >= 15 is 0 Å². The number of aryl methyl sites for hydroxylation is 2. The van der Waals surface area contributed by atoms with Crippen molar-refractivity contribution in [1.29, 1.82) is 0 Å². The molecule has 1 aromatic carbocycles. The Hall–Kier alpha value is -2.87. The van der Waals surface area contributed by atoms with Gasteiger partial charge in [0.25, 0.3) is 0 Å². The van der Waals surface area contributed by atoms with Gasteiger partial charge in [-0.05, 0) is 48.6 Å². The van der Waals surface area contributed by atoms with Crippen molar-refractivity contribution >= 4 is 45.5 Å². The second-order valence-electron chi connectivity index (χ2n) is 6.08. The molecule has 1 aliphatic rings. The number of hydrogen-bond donors (Lipinski definition) is 3. The molecule has 3 rings (SSSR count). The lowest BCUT2D eigenvalue weighted by molar-refractivity contribution is -0.122. The number of carbonyl (C=O) groups excluding carboxylic acids is 3. The molecule has 136 valence electrons. The Morgan fingerprint density at radius 2 is 1.92 bits per heavy atom. The van der Waals surface area contributed by atoms with E-state index in [-0.39, 0.29) is 18.2 Å². The third kappa shape index (κ3) is 3.55. The van der Waals surface area contributed by atoms with E-state index in [0.29, 0.717) is 16.3 Å². The van der Waals surface area contributed by atoms with Crippen LogP contribution in [-0.4, -0.2) is 30.9 Å². The SMILES string of the molecule is COC(=O)c1ccsc1NC(=O)C[C@@H]1Nc2cc(C)c(C)cc2NC1=O. The molecule has 2 aromatic rings. The van der Waals surface area contributed by atoms with Crippen LogP contribution in [0.5, 0.6) is 0 Å². The minimum absolute atomic E-state index is 0.0588. The molecule has 8 heteroatoms. The van der Waals surface area contributed by atoms with E-state index < -0.39 is 12.0 Å². The largest absolute Gasteiger partial charge is 0.465 e. The average Bonchev–Trinajstić information content (AvgIpc) is 3.04. The topological polar surface area (TPSA) is 96.5 Å². The number of rotatable bonds is 4. The number of benzene rings is 1. The van der Waals surface area contributed by atoms with Crippen LogP contribution in [0.25, 0.3) is 0 Å². The van der Waals surface area contributed by atoms with E-state index in [4.69, 9.17) is 0 Å². The van der Waals surface area contributed by atoms with Gasteiger partial charge in [0, 0.05) is 0 Å². The lowest BCUT2D eigenvalue weighted by Crippen LogP contribution is -2.41. The predicted molar refractivity (Wildman–Crippen MR) is 101 cm³/mol. The summed E-state index contributed by atoms with van der Waals surface area (Å²) in [6, 6.07) is 4.74. The van der Waals surface area contributed by atoms with Crippen molar-refractivity contribution < 1.29 is 19.1 Å². The van der Waals surface area contributed by atoms with Gasteiger partial charge >= 0.3 is 5.97 Å². The van der Waals surface area contributed by atoms with Crippen LogP contribution in [0.4, 0.5) is 16.4 Å². The van der Waals surface area contributed by atoms with Gasteiger partial charge in [-0.2, -0.15) is 0 Å². The standard InChI is InChI=1S/C18H19N3O4S/c1-9-6-12-13(7-10(9)2)20-16(23)14(19-12)8-15(22)21-17-11(4-5-26-17)18(24)25-3/h4-7,14,19H,8H2,1-3H3,(H,20,23)(H,21,22)/t14-/m0/s1. The van der Waals surface area contributed by atoms with Crippen LogP contribution in [0.3, 0.4) is 0 Å². The fourth-order valence-corrected chi connectivity index (χ4v) is 3.49. The van der Waals surface area contributed by atoms with Crippen molar-refractivity contribution in [3.05, 3.63) is 40.3 Å². The fourth-order valence-electron chi connectivity index (χ4n) is 2.70. The maximum absolute atomic E-state index is 12.3. The molecule has 1 aliphatic heterocycles. The van der Waals surface area contributed by atoms with E-state index in [1.165, 1.54) is 18.4 Å². The van der Waals surface area contributed by atoms with Crippen LogP contribution in [0.15, 0.2) is 23.6 Å². The predicted octanol–water partition coefficient (Wildman–Crippen LogP) is 2.91. The number of anilines is 3. The Labute approximate surface area is 154 Å². The number of ether oxygens (including phenoxy) is 1. The van der Waals surface area contributed by atoms with E-state index in [0.717, 1.165) is 16.8 Å². The van der Waals surface area contributed by atoms with Crippen molar-refractivity contribution in [2.75, 3.05) is 23.1 Å². The number of hydrogen-bond acceptors (Lipinski definition) is 6. The highest BCUT2D eigenvalue weighted by Gasteiger charge is 2.28. The highest BCUT2D eigenvalue weighted by Crippen LogP contribution is 2.31. The molecule has 26 heavy (non-hydrogen) atoms. The van der Waals surface area contributed by atoms with Gasteiger partial charge in [0.2, 0.25) is 11.8 Å². The zero-order valence-corrected chi connectivity index (χ0v) is 15.5. The summed E-state index contributed by atoms with van der Waals surface area (Å²) in [6.45, 7) is 3.96. The van der Waals surface area contributed by atoms with Crippen molar-refractivity contribution in [3.63, 3.8) is 0 Å². The first kappa shape index (κ1) is 17.9. The Kier molecular flexibility index (Phi) is 4.94. The van der Waals surface area contributed by atoms with Gasteiger partial charge in [-0.15, -0.1) is 11.3 Å². The Morgan fingerprint density at radius 1 is 1.23 bits per heavy atom. The fraction of sp³-hybridized carbons (Fsp3) is 0.278. The molecular formula is C18H19N3O4S. The maximum atomic E-state index is 12.3. The summed E-state index contributed by atoms with van der Waals surface area (Å²) in [5, 5.41) is 10.7. The van der Waals surface area contributed by atoms with E-state index in [9.17, 15) is 14.4 Å². The second kappa shape index (κ2) is 7.17. The number of thiophene rings is 1. The molecule has 0 unspecified atom stereocenters. The zero-order valence-electron chi connectivity index (χ0n) is 14.6. The van der Waals surface area contributed by atoms with Crippen molar-refractivity contribution in [2.24, 2.45) is 0 Å². The molecule has 1 atom stereocenters. The van der Waals surface area contributed by atoms with E-state index in [1.807, 2.05) is 26.0 Å². The summed E-state index contributed by atoms with van der Waals surface area (Å²) >= 11 is 1.22. The molecule has 0 spiro atoms. The van der Waals surface area contributed by atoms with E-state index in [1.54, 1.807) is 11.4 Å². The molecule has 0 aliphatic carbocycles. The van der Waals surface area contributed by atoms with Gasteiger partial charge in [0.1, 0.15) is 11.0 Å². The first-order valence-corrected chi connectivity index (χ1v) is 8.91. The quantitative estimate of drug-likeness (QED) is 0.716. The molecule has 0 bridgehead atoms. The highest BCUT2D eigenvalue weighted by atomic mass is 32.1. The third-order valence-electron chi connectivity index (χ3n) is 4.25. The third-order valence-corrected chi connectivity index (χ3v) is 5.08. The average molecular weight is 373 g/mol. The van der Waals surface area contributed by atoms with Crippen LogP contribution in [0, 0.1) is 13.8 Å².